The molecule has 4 heteroatoms. The van der Waals surface area contributed by atoms with Crippen LogP contribution in [0.4, 0.5) is 8.78 Å². The maximum absolute atomic E-state index is 14.8. The largest absolute Gasteiger partial charge is 0.490 e. The third-order valence-electron chi connectivity index (χ3n) is 4.51. The van der Waals surface area contributed by atoms with Gasteiger partial charge in [0.25, 0.3) is 0 Å². The lowest BCUT2D eigenvalue weighted by atomic mass is 10.0. The molecule has 3 rings (SSSR count). The van der Waals surface area contributed by atoms with Gasteiger partial charge in [-0.3, -0.25) is 0 Å². The minimum absolute atomic E-state index is 0.241. The van der Waals surface area contributed by atoms with Crippen LogP contribution in [0.2, 0.25) is 0 Å². The zero-order valence-electron chi connectivity index (χ0n) is 15.3. The highest BCUT2D eigenvalue weighted by Crippen LogP contribution is 2.35. The Morgan fingerprint density at radius 3 is 1.38 bits per heavy atom. The number of rotatable bonds is 8. The molecule has 0 spiro atoms. The van der Waals surface area contributed by atoms with Crippen LogP contribution >= 0.6 is 0 Å². The van der Waals surface area contributed by atoms with E-state index in [4.69, 9.17) is 9.47 Å². The van der Waals surface area contributed by atoms with Crippen LogP contribution < -0.4 is 9.47 Å². The lowest BCUT2D eigenvalue weighted by Crippen LogP contribution is -2.00. The number of hydrogen-bond acceptors (Lipinski definition) is 2. The summed E-state index contributed by atoms with van der Waals surface area (Å²) in [6.07, 6.45) is 3.73. The highest BCUT2D eigenvalue weighted by atomic mass is 19.1. The summed E-state index contributed by atoms with van der Waals surface area (Å²) >= 11 is 0. The Morgan fingerprint density at radius 1 is 0.615 bits per heavy atom. The first-order chi connectivity index (χ1) is 12.7. The molecule has 0 heterocycles. The van der Waals surface area contributed by atoms with Gasteiger partial charge in [0.2, 0.25) is 0 Å². The Hall–Kier alpha value is -2.36. The van der Waals surface area contributed by atoms with E-state index in [2.05, 4.69) is 13.8 Å². The van der Waals surface area contributed by atoms with Gasteiger partial charge in [-0.15, -0.1) is 0 Å². The van der Waals surface area contributed by atoms with Gasteiger partial charge in [0.1, 0.15) is 0 Å². The second kappa shape index (κ2) is 8.35. The van der Waals surface area contributed by atoms with Gasteiger partial charge in [0, 0.05) is 10.8 Å². The summed E-state index contributed by atoms with van der Waals surface area (Å²) in [5.41, 5.74) is 0. The highest BCUT2D eigenvalue weighted by molar-refractivity contribution is 6.08. The van der Waals surface area contributed by atoms with Crippen LogP contribution in [-0.2, 0) is 0 Å². The molecule has 0 saturated heterocycles. The molecule has 3 aromatic carbocycles. The van der Waals surface area contributed by atoms with Crippen LogP contribution in [0.3, 0.4) is 0 Å². The lowest BCUT2D eigenvalue weighted by Gasteiger charge is -2.12. The van der Waals surface area contributed by atoms with Crippen molar-refractivity contribution < 1.29 is 18.3 Å². The fourth-order valence-electron chi connectivity index (χ4n) is 2.98. The summed E-state index contributed by atoms with van der Waals surface area (Å²) in [6.45, 7) is 5.08. The van der Waals surface area contributed by atoms with Gasteiger partial charge >= 0.3 is 0 Å². The fraction of sp³-hybridized carbons (Fsp3) is 0.364. The molecule has 0 fully saturated rings. The number of fused-ring (bicyclic) bond motifs is 3. The fourth-order valence-corrected chi connectivity index (χ4v) is 2.98. The van der Waals surface area contributed by atoms with Crippen molar-refractivity contribution in [2.75, 3.05) is 13.2 Å². The van der Waals surface area contributed by atoms with E-state index in [-0.39, 0.29) is 11.5 Å². The molecule has 0 atom stereocenters. The highest BCUT2D eigenvalue weighted by Gasteiger charge is 2.14. The maximum Gasteiger partial charge on any atom is 0.172 e. The number of unbranched alkanes of at least 4 members (excludes halogenated alkanes) is 2. The van der Waals surface area contributed by atoms with Crippen LogP contribution in [0.5, 0.6) is 11.5 Å². The average Bonchev–Trinajstić information content (AvgIpc) is 2.65. The van der Waals surface area contributed by atoms with Crippen LogP contribution in [0.25, 0.3) is 21.5 Å². The molecule has 138 valence electrons. The smallest absolute Gasteiger partial charge is 0.172 e. The Morgan fingerprint density at radius 2 is 1.00 bits per heavy atom. The third kappa shape index (κ3) is 3.59. The van der Waals surface area contributed by atoms with Crippen LogP contribution in [0, 0.1) is 11.6 Å². The number of ether oxygens (including phenoxy) is 2. The molecule has 0 aliphatic rings. The third-order valence-corrected chi connectivity index (χ3v) is 4.51. The normalized spacial score (nSPS) is 11.2. The predicted molar refractivity (Wildman–Crippen MR) is 102 cm³/mol. The van der Waals surface area contributed by atoms with Gasteiger partial charge < -0.3 is 9.47 Å². The van der Waals surface area contributed by atoms with Crippen LogP contribution in [-0.4, -0.2) is 13.2 Å². The maximum atomic E-state index is 14.8. The van der Waals surface area contributed by atoms with Crippen molar-refractivity contribution in [3.05, 3.63) is 48.0 Å². The van der Waals surface area contributed by atoms with Gasteiger partial charge in [-0.1, -0.05) is 38.8 Å². The molecule has 0 aliphatic heterocycles. The van der Waals surface area contributed by atoms with Crippen molar-refractivity contribution in [3.63, 3.8) is 0 Å². The topological polar surface area (TPSA) is 18.5 Å². The van der Waals surface area contributed by atoms with E-state index >= 15 is 0 Å². The first kappa shape index (κ1) is 18.4. The Labute approximate surface area is 152 Å². The number of halogens is 2. The summed E-state index contributed by atoms with van der Waals surface area (Å²) in [7, 11) is 0. The Kier molecular flexibility index (Phi) is 5.92. The molecule has 26 heavy (non-hydrogen) atoms. The molecule has 0 unspecified atom stereocenters. The number of benzene rings is 3. The van der Waals surface area contributed by atoms with Gasteiger partial charge in [0.05, 0.1) is 13.2 Å². The van der Waals surface area contributed by atoms with Gasteiger partial charge in [-0.25, -0.2) is 8.78 Å². The zero-order chi connectivity index (χ0) is 18.5. The van der Waals surface area contributed by atoms with E-state index in [1.807, 2.05) is 0 Å². The SMILES string of the molecule is CCCCOc1ccc2c(ccc3c(F)c(OCCCC)ccc32)c1F. The molecule has 0 aliphatic carbocycles. The quantitative estimate of drug-likeness (QED) is 0.332. The zero-order valence-corrected chi connectivity index (χ0v) is 15.3. The summed E-state index contributed by atoms with van der Waals surface area (Å²) in [4.78, 5) is 0. The first-order valence-electron chi connectivity index (χ1n) is 9.26. The van der Waals surface area contributed by atoms with Crippen molar-refractivity contribution >= 4 is 21.5 Å². The van der Waals surface area contributed by atoms with E-state index in [9.17, 15) is 8.78 Å². The van der Waals surface area contributed by atoms with Crippen molar-refractivity contribution in [2.45, 2.75) is 39.5 Å². The van der Waals surface area contributed by atoms with E-state index in [1.165, 1.54) is 0 Å². The van der Waals surface area contributed by atoms with Crippen molar-refractivity contribution in [1.82, 2.24) is 0 Å². The van der Waals surface area contributed by atoms with Gasteiger partial charge in [-0.05, 0) is 47.9 Å². The minimum Gasteiger partial charge on any atom is -0.490 e. The van der Waals surface area contributed by atoms with Crippen molar-refractivity contribution in [2.24, 2.45) is 0 Å². The molecule has 0 radical (unpaired) electrons. The summed E-state index contributed by atoms with van der Waals surface area (Å²) in [6, 6.07) is 10.0. The molecule has 0 bridgehead atoms. The second-order valence-electron chi connectivity index (χ2n) is 6.42. The monoisotopic (exact) mass is 358 g/mol. The summed E-state index contributed by atoms with van der Waals surface area (Å²) < 4.78 is 40.6. The van der Waals surface area contributed by atoms with Crippen molar-refractivity contribution in [3.8, 4) is 11.5 Å². The van der Waals surface area contributed by atoms with E-state index in [0.29, 0.717) is 34.8 Å². The first-order valence-corrected chi connectivity index (χ1v) is 9.26. The van der Waals surface area contributed by atoms with Gasteiger partial charge in [-0.2, -0.15) is 0 Å². The molecule has 0 N–H and O–H groups in total. The number of hydrogen-bond donors (Lipinski definition) is 0. The average molecular weight is 358 g/mol. The minimum atomic E-state index is -0.399. The van der Waals surface area contributed by atoms with Gasteiger partial charge in [0.15, 0.2) is 23.1 Å². The summed E-state index contributed by atoms with van der Waals surface area (Å²) in [5, 5.41) is 2.21. The Bertz CT molecular complexity index is 831. The molecule has 3 aromatic rings. The molecular weight excluding hydrogens is 334 g/mol. The van der Waals surface area contributed by atoms with E-state index in [0.717, 1.165) is 25.7 Å². The molecule has 0 amide bonds. The molecule has 2 nitrogen and oxygen atoms in total. The van der Waals surface area contributed by atoms with Crippen LogP contribution in [0.1, 0.15) is 39.5 Å². The standard InChI is InChI=1S/C22H24F2O2/c1-3-5-13-25-19-11-9-15-16-10-12-20(26-14-6-4-2)22(24)18(16)8-7-17(15)21(19)23/h7-12H,3-6,13-14H2,1-2H3. The summed E-state index contributed by atoms with van der Waals surface area (Å²) in [5.74, 6) is -0.316. The molecule has 0 aromatic heterocycles. The van der Waals surface area contributed by atoms with Crippen LogP contribution in [0.15, 0.2) is 36.4 Å². The van der Waals surface area contributed by atoms with E-state index in [1.54, 1.807) is 36.4 Å². The predicted octanol–water partition coefficient (Wildman–Crippen LogP) is 6.63. The lowest BCUT2D eigenvalue weighted by molar-refractivity contribution is 0.295. The molecular formula is C22H24F2O2. The molecule has 0 saturated carbocycles. The van der Waals surface area contributed by atoms with E-state index < -0.39 is 11.6 Å². The van der Waals surface area contributed by atoms with Crippen molar-refractivity contribution in [1.29, 1.82) is 0 Å². The Balaban J connectivity index is 2.00. The second-order valence-corrected chi connectivity index (χ2v) is 6.42.